The van der Waals surface area contributed by atoms with Gasteiger partial charge in [0.15, 0.2) is 9.84 Å². The molecule has 0 bridgehead atoms. The molecule has 0 radical (unpaired) electrons. The van der Waals surface area contributed by atoms with Crippen LogP contribution in [0.4, 0.5) is 4.39 Å². The van der Waals surface area contributed by atoms with Gasteiger partial charge in [-0.2, -0.15) is 0 Å². The molecule has 1 aromatic rings. The minimum Gasteiger partial charge on any atom is -0.300 e. The van der Waals surface area contributed by atoms with E-state index in [4.69, 9.17) is 0 Å². The van der Waals surface area contributed by atoms with Gasteiger partial charge in [0.2, 0.25) is 0 Å². The van der Waals surface area contributed by atoms with E-state index in [1.54, 1.807) is 6.07 Å². The molecule has 0 aliphatic heterocycles. The third kappa shape index (κ3) is 4.10. The highest BCUT2D eigenvalue weighted by molar-refractivity contribution is 7.90. The first-order valence-electron chi connectivity index (χ1n) is 4.84. The quantitative estimate of drug-likeness (QED) is 0.792. The standard InChI is InChI=1S/C11H13FO3S/c1-9(13)6-7-16(14,15)8-10-4-2-3-5-11(10)12/h2-5H,6-8H2,1H3. The van der Waals surface area contributed by atoms with Crippen LogP contribution in [0, 0.1) is 5.82 Å². The van der Waals surface area contributed by atoms with Crippen molar-refractivity contribution in [3.05, 3.63) is 35.6 Å². The van der Waals surface area contributed by atoms with Crippen molar-refractivity contribution in [1.82, 2.24) is 0 Å². The van der Waals surface area contributed by atoms with Crippen LogP contribution in [-0.2, 0) is 20.4 Å². The smallest absolute Gasteiger partial charge is 0.154 e. The maximum atomic E-state index is 13.2. The van der Waals surface area contributed by atoms with Gasteiger partial charge in [0, 0.05) is 12.0 Å². The largest absolute Gasteiger partial charge is 0.300 e. The van der Waals surface area contributed by atoms with Crippen molar-refractivity contribution < 1.29 is 17.6 Å². The number of ketones is 1. The lowest BCUT2D eigenvalue weighted by Crippen LogP contribution is -2.12. The molecule has 0 saturated heterocycles. The second-order valence-corrected chi connectivity index (χ2v) is 5.82. The zero-order valence-corrected chi connectivity index (χ0v) is 9.76. The van der Waals surface area contributed by atoms with Crippen LogP contribution in [0.3, 0.4) is 0 Å². The number of benzene rings is 1. The summed E-state index contributed by atoms with van der Waals surface area (Å²) in [4.78, 5) is 10.7. The highest BCUT2D eigenvalue weighted by Crippen LogP contribution is 2.11. The molecule has 0 fully saturated rings. The van der Waals surface area contributed by atoms with Gasteiger partial charge in [-0.25, -0.2) is 12.8 Å². The van der Waals surface area contributed by atoms with Gasteiger partial charge in [-0.3, -0.25) is 4.79 Å². The summed E-state index contributed by atoms with van der Waals surface area (Å²) in [5.74, 6) is -1.30. The zero-order chi connectivity index (χ0) is 12.2. The number of Topliss-reactive ketones (excluding diaryl/α,β-unsaturated/α-hetero) is 1. The number of hydrogen-bond donors (Lipinski definition) is 0. The Morgan fingerprint density at radius 2 is 1.94 bits per heavy atom. The Hall–Kier alpha value is -1.23. The van der Waals surface area contributed by atoms with Crippen molar-refractivity contribution in [2.24, 2.45) is 0 Å². The highest BCUT2D eigenvalue weighted by Gasteiger charge is 2.15. The maximum Gasteiger partial charge on any atom is 0.154 e. The van der Waals surface area contributed by atoms with Crippen molar-refractivity contribution in [2.75, 3.05) is 5.75 Å². The first-order valence-corrected chi connectivity index (χ1v) is 6.66. The van der Waals surface area contributed by atoms with E-state index < -0.39 is 15.7 Å². The summed E-state index contributed by atoms with van der Waals surface area (Å²) in [7, 11) is -3.41. The number of halogens is 1. The van der Waals surface area contributed by atoms with Gasteiger partial charge in [0.25, 0.3) is 0 Å². The fourth-order valence-corrected chi connectivity index (χ4v) is 2.67. The van der Waals surface area contributed by atoms with Crippen LogP contribution in [0.2, 0.25) is 0 Å². The molecule has 1 rings (SSSR count). The zero-order valence-electron chi connectivity index (χ0n) is 8.94. The molecule has 0 saturated carbocycles. The molecule has 3 nitrogen and oxygen atoms in total. The fourth-order valence-electron chi connectivity index (χ4n) is 1.22. The predicted octanol–water partition coefficient (Wildman–Crippen LogP) is 1.72. The molecule has 0 aliphatic carbocycles. The first-order chi connectivity index (χ1) is 7.41. The number of carbonyl (C=O) groups excluding carboxylic acids is 1. The average molecular weight is 244 g/mol. The summed E-state index contributed by atoms with van der Waals surface area (Å²) >= 11 is 0. The number of hydrogen-bond acceptors (Lipinski definition) is 3. The van der Waals surface area contributed by atoms with Crippen LogP contribution in [-0.4, -0.2) is 20.0 Å². The molecule has 1 aromatic carbocycles. The maximum absolute atomic E-state index is 13.2. The third-order valence-electron chi connectivity index (χ3n) is 2.10. The van der Waals surface area contributed by atoms with Crippen LogP contribution in [0.25, 0.3) is 0 Å². The Morgan fingerprint density at radius 1 is 1.31 bits per heavy atom. The monoisotopic (exact) mass is 244 g/mol. The normalized spacial score (nSPS) is 11.4. The predicted molar refractivity (Wildman–Crippen MR) is 59.2 cm³/mol. The van der Waals surface area contributed by atoms with E-state index in [0.717, 1.165) is 0 Å². The van der Waals surface area contributed by atoms with Crippen LogP contribution in [0.1, 0.15) is 18.9 Å². The molecule has 0 atom stereocenters. The van der Waals surface area contributed by atoms with Crippen molar-refractivity contribution in [2.45, 2.75) is 19.1 Å². The van der Waals surface area contributed by atoms with Crippen LogP contribution in [0.15, 0.2) is 24.3 Å². The van der Waals surface area contributed by atoms with Gasteiger partial charge in [0.05, 0.1) is 11.5 Å². The molecule has 16 heavy (non-hydrogen) atoms. The van der Waals surface area contributed by atoms with Gasteiger partial charge in [-0.1, -0.05) is 18.2 Å². The Labute approximate surface area is 94.2 Å². The van der Waals surface area contributed by atoms with E-state index in [0.29, 0.717) is 0 Å². The van der Waals surface area contributed by atoms with E-state index >= 15 is 0 Å². The Bertz CT molecular complexity index is 480. The molecule has 5 heteroatoms. The molecule has 88 valence electrons. The van der Waals surface area contributed by atoms with Gasteiger partial charge < -0.3 is 0 Å². The second kappa shape index (κ2) is 5.21. The topological polar surface area (TPSA) is 51.2 Å². The molecular formula is C11H13FO3S. The van der Waals surface area contributed by atoms with Gasteiger partial charge in [-0.05, 0) is 13.0 Å². The SMILES string of the molecule is CC(=O)CCS(=O)(=O)Cc1ccccc1F. The van der Waals surface area contributed by atoms with E-state index in [-0.39, 0.29) is 29.3 Å². The second-order valence-electron chi connectivity index (χ2n) is 3.64. The van der Waals surface area contributed by atoms with E-state index in [9.17, 15) is 17.6 Å². The summed E-state index contributed by atoms with van der Waals surface area (Å²) in [6.07, 6.45) is -0.0171. The van der Waals surface area contributed by atoms with Gasteiger partial charge >= 0.3 is 0 Å². The number of carbonyl (C=O) groups is 1. The third-order valence-corrected chi connectivity index (χ3v) is 3.68. The van der Waals surface area contributed by atoms with Crippen LogP contribution < -0.4 is 0 Å². The minimum atomic E-state index is -3.41. The Morgan fingerprint density at radius 3 is 2.50 bits per heavy atom. The van der Waals surface area contributed by atoms with Crippen molar-refractivity contribution in [1.29, 1.82) is 0 Å². The average Bonchev–Trinajstić information content (AvgIpc) is 2.19. The highest BCUT2D eigenvalue weighted by atomic mass is 32.2. The summed E-state index contributed by atoms with van der Waals surface area (Å²) in [6.45, 7) is 1.33. The molecule has 0 unspecified atom stereocenters. The van der Waals surface area contributed by atoms with E-state index in [2.05, 4.69) is 0 Å². The Kier molecular flexibility index (Phi) is 4.18. The molecule has 0 aliphatic rings. The fraction of sp³-hybridized carbons (Fsp3) is 0.364. The summed E-state index contributed by atoms with van der Waals surface area (Å²) in [6, 6.07) is 5.73. The van der Waals surface area contributed by atoms with Crippen LogP contribution in [0.5, 0.6) is 0 Å². The van der Waals surface area contributed by atoms with Crippen molar-refractivity contribution in [3.8, 4) is 0 Å². The molecule has 0 N–H and O–H groups in total. The molecule has 0 heterocycles. The molecule has 0 aromatic heterocycles. The van der Waals surface area contributed by atoms with E-state index in [1.165, 1.54) is 25.1 Å². The molecule has 0 spiro atoms. The Balaban J connectivity index is 2.73. The van der Waals surface area contributed by atoms with Crippen molar-refractivity contribution >= 4 is 15.6 Å². The van der Waals surface area contributed by atoms with Gasteiger partial charge in [0.1, 0.15) is 11.6 Å². The van der Waals surface area contributed by atoms with Crippen molar-refractivity contribution in [3.63, 3.8) is 0 Å². The summed E-state index contributed by atoms with van der Waals surface area (Å²) < 4.78 is 36.3. The van der Waals surface area contributed by atoms with Crippen LogP contribution >= 0.6 is 0 Å². The summed E-state index contributed by atoms with van der Waals surface area (Å²) in [5.41, 5.74) is 0.144. The lowest BCUT2D eigenvalue weighted by molar-refractivity contribution is -0.116. The number of rotatable bonds is 5. The molecular weight excluding hydrogens is 231 g/mol. The minimum absolute atomic E-state index is 0.0171. The lowest BCUT2D eigenvalue weighted by Gasteiger charge is -2.04. The number of sulfone groups is 1. The molecule has 0 amide bonds. The van der Waals surface area contributed by atoms with E-state index in [1.807, 2.05) is 0 Å². The van der Waals surface area contributed by atoms with Gasteiger partial charge in [-0.15, -0.1) is 0 Å². The summed E-state index contributed by atoms with van der Waals surface area (Å²) in [5, 5.41) is 0. The lowest BCUT2D eigenvalue weighted by atomic mass is 10.2. The first kappa shape index (κ1) is 12.8.